The molecule has 0 saturated carbocycles. The van der Waals surface area contributed by atoms with Gasteiger partial charge in [0.1, 0.15) is 0 Å². The third-order valence-electron chi connectivity index (χ3n) is 2.36. The summed E-state index contributed by atoms with van der Waals surface area (Å²) in [4.78, 5) is 14.7. The Kier molecular flexibility index (Phi) is 3.53. The Balaban J connectivity index is 2.20. The second kappa shape index (κ2) is 4.97. The predicted molar refractivity (Wildman–Crippen MR) is 77.6 cm³/mol. The van der Waals surface area contributed by atoms with Crippen molar-refractivity contribution in [2.45, 2.75) is 26.3 Å². The van der Waals surface area contributed by atoms with Crippen LogP contribution in [0, 0.1) is 10.1 Å². The minimum absolute atomic E-state index is 0.0371. The third-order valence-corrected chi connectivity index (χ3v) is 3.12. The number of aromatic nitrogens is 1. The van der Waals surface area contributed by atoms with Gasteiger partial charge >= 0.3 is 0 Å². The van der Waals surface area contributed by atoms with Crippen LogP contribution in [0.15, 0.2) is 29.6 Å². The Labute approximate surface area is 115 Å². The van der Waals surface area contributed by atoms with Gasteiger partial charge in [0.15, 0.2) is 5.13 Å². The van der Waals surface area contributed by atoms with Gasteiger partial charge in [-0.3, -0.25) is 10.1 Å². The molecule has 0 aliphatic rings. The maximum absolute atomic E-state index is 10.6. The maximum Gasteiger partial charge on any atom is 0.269 e. The minimum Gasteiger partial charge on any atom is -0.357 e. The molecule has 0 saturated heterocycles. The minimum atomic E-state index is -0.405. The van der Waals surface area contributed by atoms with E-state index in [4.69, 9.17) is 0 Å². The summed E-state index contributed by atoms with van der Waals surface area (Å²) < 4.78 is 0. The molecule has 19 heavy (non-hydrogen) atoms. The molecule has 6 heteroatoms. The number of benzene rings is 1. The van der Waals surface area contributed by atoms with Gasteiger partial charge < -0.3 is 5.32 Å². The third kappa shape index (κ3) is 3.51. The molecule has 2 aromatic rings. The van der Waals surface area contributed by atoms with Gasteiger partial charge in [-0.2, -0.15) is 0 Å². The first kappa shape index (κ1) is 13.5. The Morgan fingerprint density at radius 3 is 2.42 bits per heavy atom. The monoisotopic (exact) mass is 277 g/mol. The van der Waals surface area contributed by atoms with Crippen LogP contribution in [0.2, 0.25) is 0 Å². The van der Waals surface area contributed by atoms with Crippen molar-refractivity contribution in [2.24, 2.45) is 0 Å². The van der Waals surface area contributed by atoms with E-state index < -0.39 is 4.92 Å². The maximum atomic E-state index is 10.6. The SMILES string of the molecule is CC(C)(C)Nc1nc(-c2ccc([N+](=O)[O-])cc2)cs1. The molecule has 0 unspecified atom stereocenters. The fraction of sp³-hybridized carbons (Fsp3) is 0.308. The van der Waals surface area contributed by atoms with E-state index in [1.54, 1.807) is 12.1 Å². The Hall–Kier alpha value is -1.95. The molecule has 1 N–H and O–H groups in total. The summed E-state index contributed by atoms with van der Waals surface area (Å²) in [5, 5.41) is 16.7. The number of anilines is 1. The number of nitro groups is 1. The van der Waals surface area contributed by atoms with E-state index in [1.165, 1.54) is 23.5 Å². The number of hydrogen-bond acceptors (Lipinski definition) is 5. The van der Waals surface area contributed by atoms with Crippen LogP contribution in [0.5, 0.6) is 0 Å². The van der Waals surface area contributed by atoms with Gasteiger partial charge in [0, 0.05) is 28.6 Å². The van der Waals surface area contributed by atoms with Crippen LogP contribution in [-0.2, 0) is 0 Å². The molecule has 0 fully saturated rings. The zero-order valence-electron chi connectivity index (χ0n) is 11.0. The fourth-order valence-electron chi connectivity index (χ4n) is 1.54. The first-order chi connectivity index (χ1) is 8.85. The molecular formula is C13H15N3O2S. The number of nitro benzene ring substituents is 1. The normalized spacial score (nSPS) is 11.3. The van der Waals surface area contributed by atoms with Crippen LogP contribution in [0.3, 0.4) is 0 Å². The van der Waals surface area contributed by atoms with Gasteiger partial charge in [-0.15, -0.1) is 11.3 Å². The number of nitrogens with one attached hydrogen (secondary N) is 1. The summed E-state index contributed by atoms with van der Waals surface area (Å²) in [6.45, 7) is 6.21. The van der Waals surface area contributed by atoms with Crippen LogP contribution in [-0.4, -0.2) is 15.4 Å². The fourth-order valence-corrected chi connectivity index (χ4v) is 2.47. The van der Waals surface area contributed by atoms with Crippen molar-refractivity contribution in [1.82, 2.24) is 4.98 Å². The highest BCUT2D eigenvalue weighted by Gasteiger charge is 2.13. The average molecular weight is 277 g/mol. The summed E-state index contributed by atoms with van der Waals surface area (Å²) in [6.07, 6.45) is 0. The first-order valence-corrected chi connectivity index (χ1v) is 6.72. The van der Waals surface area contributed by atoms with E-state index in [2.05, 4.69) is 31.1 Å². The lowest BCUT2D eigenvalue weighted by Gasteiger charge is -2.19. The van der Waals surface area contributed by atoms with Gasteiger partial charge in [0.2, 0.25) is 0 Å². The molecular weight excluding hydrogens is 262 g/mol. The Morgan fingerprint density at radius 1 is 1.26 bits per heavy atom. The van der Waals surface area contributed by atoms with E-state index in [0.29, 0.717) is 0 Å². The van der Waals surface area contributed by atoms with E-state index in [-0.39, 0.29) is 11.2 Å². The molecule has 0 aliphatic carbocycles. The molecule has 0 radical (unpaired) electrons. The largest absolute Gasteiger partial charge is 0.357 e. The summed E-state index contributed by atoms with van der Waals surface area (Å²) in [5.74, 6) is 0. The van der Waals surface area contributed by atoms with Crippen LogP contribution in [0.1, 0.15) is 20.8 Å². The number of rotatable bonds is 3. The van der Waals surface area contributed by atoms with E-state index in [1.807, 2.05) is 5.38 Å². The second-order valence-corrected chi connectivity index (χ2v) is 6.07. The highest BCUT2D eigenvalue weighted by molar-refractivity contribution is 7.14. The zero-order chi connectivity index (χ0) is 14.0. The van der Waals surface area contributed by atoms with Gasteiger partial charge in [0.25, 0.3) is 5.69 Å². The zero-order valence-corrected chi connectivity index (χ0v) is 11.8. The topological polar surface area (TPSA) is 68.1 Å². The molecule has 5 nitrogen and oxygen atoms in total. The van der Waals surface area contributed by atoms with Crippen LogP contribution >= 0.6 is 11.3 Å². The second-order valence-electron chi connectivity index (χ2n) is 5.22. The van der Waals surface area contributed by atoms with E-state index in [0.717, 1.165) is 16.4 Å². The molecule has 1 aromatic heterocycles. The van der Waals surface area contributed by atoms with Crippen molar-refractivity contribution in [3.05, 3.63) is 39.8 Å². The Bertz CT molecular complexity index is 585. The average Bonchev–Trinajstić information content (AvgIpc) is 2.75. The van der Waals surface area contributed by atoms with Crippen molar-refractivity contribution in [3.63, 3.8) is 0 Å². The molecule has 0 bridgehead atoms. The lowest BCUT2D eigenvalue weighted by atomic mass is 10.1. The van der Waals surface area contributed by atoms with Crippen molar-refractivity contribution in [3.8, 4) is 11.3 Å². The Morgan fingerprint density at radius 2 is 1.89 bits per heavy atom. The lowest BCUT2D eigenvalue weighted by Crippen LogP contribution is -2.25. The van der Waals surface area contributed by atoms with Crippen molar-refractivity contribution >= 4 is 22.2 Å². The van der Waals surface area contributed by atoms with Crippen LogP contribution in [0.4, 0.5) is 10.8 Å². The highest BCUT2D eigenvalue weighted by atomic mass is 32.1. The number of nitrogens with zero attached hydrogens (tertiary/aromatic N) is 2. The van der Waals surface area contributed by atoms with Gasteiger partial charge in [0.05, 0.1) is 10.6 Å². The molecule has 0 atom stereocenters. The van der Waals surface area contributed by atoms with Crippen molar-refractivity contribution < 1.29 is 4.92 Å². The summed E-state index contributed by atoms with van der Waals surface area (Å²) in [5.41, 5.74) is 1.76. The van der Waals surface area contributed by atoms with Gasteiger partial charge in [-0.1, -0.05) is 0 Å². The predicted octanol–water partition coefficient (Wildman–Crippen LogP) is 3.93. The number of non-ortho nitro benzene ring substituents is 1. The summed E-state index contributed by atoms with van der Waals surface area (Å²) in [6, 6.07) is 6.42. The number of thiazole rings is 1. The molecule has 0 spiro atoms. The molecule has 0 aliphatic heterocycles. The molecule has 1 heterocycles. The smallest absolute Gasteiger partial charge is 0.269 e. The number of hydrogen-bond donors (Lipinski definition) is 1. The van der Waals surface area contributed by atoms with Gasteiger partial charge in [-0.25, -0.2) is 4.98 Å². The summed E-state index contributed by atoms with van der Waals surface area (Å²) in [7, 11) is 0. The standard InChI is InChI=1S/C13H15N3O2S/c1-13(2,3)15-12-14-11(8-19-12)9-4-6-10(7-5-9)16(17)18/h4-8H,1-3H3,(H,14,15). The highest BCUT2D eigenvalue weighted by Crippen LogP contribution is 2.27. The molecule has 1 aromatic carbocycles. The first-order valence-electron chi connectivity index (χ1n) is 5.84. The van der Waals surface area contributed by atoms with Crippen LogP contribution in [0.25, 0.3) is 11.3 Å². The van der Waals surface area contributed by atoms with Gasteiger partial charge in [-0.05, 0) is 32.9 Å². The molecule has 0 amide bonds. The van der Waals surface area contributed by atoms with E-state index >= 15 is 0 Å². The van der Waals surface area contributed by atoms with Crippen LogP contribution < -0.4 is 5.32 Å². The summed E-state index contributed by atoms with van der Waals surface area (Å²) >= 11 is 1.53. The lowest BCUT2D eigenvalue weighted by molar-refractivity contribution is -0.384. The quantitative estimate of drug-likeness (QED) is 0.681. The van der Waals surface area contributed by atoms with Crippen molar-refractivity contribution in [1.29, 1.82) is 0 Å². The van der Waals surface area contributed by atoms with E-state index in [9.17, 15) is 10.1 Å². The van der Waals surface area contributed by atoms with Crippen molar-refractivity contribution in [2.75, 3.05) is 5.32 Å². The molecule has 100 valence electrons. The molecule has 2 rings (SSSR count).